The van der Waals surface area contributed by atoms with E-state index in [9.17, 15) is 9.90 Å². The van der Waals surface area contributed by atoms with Crippen LogP contribution in [0.4, 0.5) is 0 Å². The van der Waals surface area contributed by atoms with Gasteiger partial charge < -0.3 is 10.2 Å². The SMILES string of the molecule is Cc1cc(Br)cc(-n2cc(O)c(C(=O)O)n2)c1. The van der Waals surface area contributed by atoms with E-state index in [0.29, 0.717) is 5.69 Å². The third kappa shape index (κ3) is 2.31. The van der Waals surface area contributed by atoms with Gasteiger partial charge in [-0.15, -0.1) is 0 Å². The van der Waals surface area contributed by atoms with Crippen LogP contribution < -0.4 is 0 Å². The van der Waals surface area contributed by atoms with E-state index in [0.717, 1.165) is 10.0 Å². The zero-order valence-electron chi connectivity index (χ0n) is 8.88. The van der Waals surface area contributed by atoms with Crippen molar-refractivity contribution in [3.8, 4) is 11.4 Å². The van der Waals surface area contributed by atoms with Gasteiger partial charge in [0.05, 0.1) is 11.9 Å². The molecule has 88 valence electrons. The molecule has 2 aromatic rings. The Morgan fingerprint density at radius 2 is 2.12 bits per heavy atom. The summed E-state index contributed by atoms with van der Waals surface area (Å²) in [6.07, 6.45) is 1.27. The van der Waals surface area contributed by atoms with Crippen molar-refractivity contribution in [3.05, 3.63) is 40.1 Å². The molecule has 0 aliphatic rings. The van der Waals surface area contributed by atoms with Crippen LogP contribution in [0.2, 0.25) is 0 Å². The lowest BCUT2D eigenvalue weighted by molar-refractivity contribution is 0.0687. The smallest absolute Gasteiger partial charge is 0.360 e. The first kappa shape index (κ1) is 11.7. The summed E-state index contributed by atoms with van der Waals surface area (Å²) >= 11 is 3.34. The van der Waals surface area contributed by atoms with Crippen molar-refractivity contribution in [3.63, 3.8) is 0 Å². The second-order valence-corrected chi connectivity index (χ2v) is 4.52. The molecule has 0 saturated heterocycles. The molecule has 0 saturated carbocycles. The fourth-order valence-electron chi connectivity index (χ4n) is 1.50. The third-order valence-corrected chi connectivity index (χ3v) is 2.65. The van der Waals surface area contributed by atoms with Crippen LogP contribution in [0.15, 0.2) is 28.9 Å². The van der Waals surface area contributed by atoms with Crippen molar-refractivity contribution < 1.29 is 15.0 Å². The molecule has 0 unspecified atom stereocenters. The molecular weight excluding hydrogens is 288 g/mol. The van der Waals surface area contributed by atoms with E-state index in [1.165, 1.54) is 10.9 Å². The highest BCUT2D eigenvalue weighted by atomic mass is 79.9. The Balaban J connectivity index is 2.53. The minimum Gasteiger partial charge on any atom is -0.504 e. The second-order valence-electron chi connectivity index (χ2n) is 3.60. The molecule has 0 amide bonds. The van der Waals surface area contributed by atoms with Gasteiger partial charge >= 0.3 is 5.97 Å². The van der Waals surface area contributed by atoms with Gasteiger partial charge in [-0.3, -0.25) is 0 Å². The van der Waals surface area contributed by atoms with Gasteiger partial charge in [0.25, 0.3) is 0 Å². The third-order valence-electron chi connectivity index (χ3n) is 2.19. The molecule has 0 atom stereocenters. The maximum Gasteiger partial charge on any atom is 0.360 e. The maximum absolute atomic E-state index is 10.8. The molecule has 0 aliphatic heterocycles. The molecule has 0 fully saturated rings. The molecule has 1 aromatic heterocycles. The number of halogens is 1. The molecule has 0 radical (unpaired) electrons. The summed E-state index contributed by atoms with van der Waals surface area (Å²) in [6.45, 7) is 1.91. The van der Waals surface area contributed by atoms with E-state index >= 15 is 0 Å². The lowest BCUT2D eigenvalue weighted by Gasteiger charge is -2.03. The standard InChI is InChI=1S/C11H9BrN2O3/c1-6-2-7(12)4-8(3-6)14-5-9(15)10(13-14)11(16)17/h2-5,15H,1H3,(H,16,17). The first-order chi connectivity index (χ1) is 7.97. The normalized spacial score (nSPS) is 10.5. The number of nitrogens with zero attached hydrogens (tertiary/aromatic N) is 2. The molecule has 2 rings (SSSR count). The van der Waals surface area contributed by atoms with Crippen LogP contribution in [0, 0.1) is 6.92 Å². The maximum atomic E-state index is 10.8. The average molecular weight is 297 g/mol. The summed E-state index contributed by atoms with van der Waals surface area (Å²) in [6, 6.07) is 5.54. The van der Waals surface area contributed by atoms with Crippen LogP contribution in [0.5, 0.6) is 5.75 Å². The van der Waals surface area contributed by atoms with Gasteiger partial charge in [-0.25, -0.2) is 9.48 Å². The number of aryl methyl sites for hydroxylation is 1. The largest absolute Gasteiger partial charge is 0.504 e. The second kappa shape index (κ2) is 4.21. The Kier molecular flexibility index (Phi) is 2.89. The average Bonchev–Trinajstić information content (AvgIpc) is 2.59. The first-order valence-corrected chi connectivity index (χ1v) is 5.56. The van der Waals surface area contributed by atoms with Crippen molar-refractivity contribution in [1.82, 2.24) is 9.78 Å². The molecule has 1 heterocycles. The minimum atomic E-state index is -1.26. The van der Waals surface area contributed by atoms with E-state index < -0.39 is 5.97 Å². The lowest BCUT2D eigenvalue weighted by Crippen LogP contribution is -2.01. The first-order valence-electron chi connectivity index (χ1n) is 4.77. The van der Waals surface area contributed by atoms with Crippen molar-refractivity contribution in [2.24, 2.45) is 0 Å². The molecule has 0 aliphatic carbocycles. The number of carboxylic acids is 1. The topological polar surface area (TPSA) is 75.4 Å². The van der Waals surface area contributed by atoms with E-state index in [1.54, 1.807) is 6.07 Å². The zero-order valence-corrected chi connectivity index (χ0v) is 10.5. The van der Waals surface area contributed by atoms with Gasteiger partial charge in [-0.2, -0.15) is 5.10 Å². The van der Waals surface area contributed by atoms with Crippen molar-refractivity contribution in [1.29, 1.82) is 0 Å². The van der Waals surface area contributed by atoms with Crippen LogP contribution in [0.1, 0.15) is 16.1 Å². The van der Waals surface area contributed by atoms with Gasteiger partial charge in [0.2, 0.25) is 5.69 Å². The summed E-state index contributed by atoms with van der Waals surface area (Å²) in [7, 11) is 0. The molecule has 1 aromatic carbocycles. The van der Waals surface area contributed by atoms with Gasteiger partial charge in [0, 0.05) is 4.47 Å². The Hall–Kier alpha value is -1.82. The van der Waals surface area contributed by atoms with Crippen LogP contribution in [-0.2, 0) is 0 Å². The van der Waals surface area contributed by atoms with Crippen LogP contribution in [0.3, 0.4) is 0 Å². The molecule has 6 heteroatoms. The Labute approximate surface area is 105 Å². The molecule has 2 N–H and O–H groups in total. The fraction of sp³-hybridized carbons (Fsp3) is 0.0909. The highest BCUT2D eigenvalue weighted by molar-refractivity contribution is 9.10. The van der Waals surface area contributed by atoms with Crippen molar-refractivity contribution in [2.75, 3.05) is 0 Å². The number of rotatable bonds is 2. The van der Waals surface area contributed by atoms with E-state index in [-0.39, 0.29) is 11.4 Å². The van der Waals surface area contributed by atoms with E-state index in [1.807, 2.05) is 19.1 Å². The molecule has 17 heavy (non-hydrogen) atoms. The van der Waals surface area contributed by atoms with Crippen LogP contribution >= 0.6 is 15.9 Å². The zero-order chi connectivity index (χ0) is 12.6. The molecule has 0 bridgehead atoms. The van der Waals surface area contributed by atoms with Gasteiger partial charge in [0.15, 0.2) is 5.75 Å². The summed E-state index contributed by atoms with van der Waals surface area (Å²) in [4.78, 5) is 10.8. The monoisotopic (exact) mass is 296 g/mol. The number of aromatic nitrogens is 2. The van der Waals surface area contributed by atoms with E-state index in [2.05, 4.69) is 21.0 Å². The number of carboxylic acid groups (broad SMARTS) is 1. The highest BCUT2D eigenvalue weighted by Crippen LogP contribution is 2.21. The molecule has 0 spiro atoms. The predicted octanol–water partition coefficient (Wildman–Crippen LogP) is 2.35. The Morgan fingerprint density at radius 3 is 2.65 bits per heavy atom. The predicted molar refractivity (Wildman–Crippen MR) is 64.6 cm³/mol. The van der Waals surface area contributed by atoms with Crippen molar-refractivity contribution in [2.45, 2.75) is 6.92 Å². The van der Waals surface area contributed by atoms with Gasteiger partial charge in [-0.05, 0) is 30.7 Å². The number of aromatic hydroxyl groups is 1. The van der Waals surface area contributed by atoms with Crippen molar-refractivity contribution >= 4 is 21.9 Å². The summed E-state index contributed by atoms with van der Waals surface area (Å²) in [5.74, 6) is -1.61. The Morgan fingerprint density at radius 1 is 1.41 bits per heavy atom. The van der Waals surface area contributed by atoms with Crippen LogP contribution in [-0.4, -0.2) is 26.0 Å². The molecule has 5 nitrogen and oxygen atoms in total. The summed E-state index contributed by atoms with van der Waals surface area (Å²) in [5.41, 5.74) is 1.32. The molecular formula is C11H9BrN2O3. The van der Waals surface area contributed by atoms with Gasteiger partial charge in [-0.1, -0.05) is 15.9 Å². The minimum absolute atomic E-state index is 0.352. The number of benzene rings is 1. The fourth-order valence-corrected chi connectivity index (χ4v) is 2.09. The summed E-state index contributed by atoms with van der Waals surface area (Å²) < 4.78 is 2.19. The Bertz CT molecular complexity index is 572. The number of hydrogen-bond donors (Lipinski definition) is 2. The lowest BCUT2D eigenvalue weighted by atomic mass is 10.2. The highest BCUT2D eigenvalue weighted by Gasteiger charge is 2.15. The quantitative estimate of drug-likeness (QED) is 0.892. The number of carbonyl (C=O) groups is 1. The number of hydrogen-bond acceptors (Lipinski definition) is 3. The van der Waals surface area contributed by atoms with E-state index in [4.69, 9.17) is 5.11 Å². The van der Waals surface area contributed by atoms with Gasteiger partial charge in [0.1, 0.15) is 0 Å². The van der Waals surface area contributed by atoms with Crippen LogP contribution in [0.25, 0.3) is 5.69 Å². The summed E-state index contributed by atoms with van der Waals surface area (Å²) in [5, 5.41) is 22.0. The number of aromatic carboxylic acids is 1.